The van der Waals surface area contributed by atoms with E-state index in [0.29, 0.717) is 40.7 Å². The molecule has 1 aromatic heterocycles. The number of esters is 1. The third-order valence-corrected chi connectivity index (χ3v) is 7.66. The molecule has 41 heavy (non-hydrogen) atoms. The molecular formula is C30H32N2O8S. The maximum absolute atomic E-state index is 13.6. The summed E-state index contributed by atoms with van der Waals surface area (Å²) in [6.07, 6.45) is 1.90. The lowest BCUT2D eigenvalue weighted by Crippen LogP contribution is -2.29. The van der Waals surface area contributed by atoms with Gasteiger partial charge >= 0.3 is 11.9 Å². The number of unbranched alkanes of at least 4 members (excludes halogenated alkanes) is 1. The van der Waals surface area contributed by atoms with Crippen LogP contribution in [0, 0.1) is 6.92 Å². The molecule has 1 N–H and O–H groups in total. The molecule has 4 rings (SSSR count). The van der Waals surface area contributed by atoms with Crippen molar-refractivity contribution in [3.8, 4) is 17.2 Å². The van der Waals surface area contributed by atoms with Gasteiger partial charge in [0.25, 0.3) is 5.78 Å². The van der Waals surface area contributed by atoms with Gasteiger partial charge in [-0.2, -0.15) is 0 Å². The second kappa shape index (κ2) is 12.9. The lowest BCUT2D eigenvalue weighted by Gasteiger charge is -2.24. The number of hydrogen-bond donors (Lipinski definition) is 1. The van der Waals surface area contributed by atoms with Crippen LogP contribution in [0.25, 0.3) is 5.76 Å². The van der Waals surface area contributed by atoms with Crippen molar-refractivity contribution in [3.63, 3.8) is 0 Å². The van der Waals surface area contributed by atoms with Crippen molar-refractivity contribution in [2.45, 2.75) is 39.7 Å². The summed E-state index contributed by atoms with van der Waals surface area (Å²) in [7, 11) is 2.96. The molecule has 3 aromatic rings. The number of aliphatic hydroxyl groups excluding tert-OH is 1. The number of aryl methyl sites for hydroxylation is 1. The standard InChI is InChI=1S/C30H32N2O8S/c1-6-8-15-40-19-11-9-18(10-12-19)25(33)23-24(21-14-13-20(37-4)16-22(21)38-5)32(28(35)26(23)34)30-31-17(3)27(41-30)29(36)39-7-2/h9-14,16,24,33H,6-8,15H2,1-5H3/b25-23+. The zero-order valence-corrected chi connectivity index (χ0v) is 24.4. The molecule has 1 atom stereocenters. The van der Waals surface area contributed by atoms with Crippen LogP contribution in [-0.2, 0) is 14.3 Å². The first-order valence-corrected chi connectivity index (χ1v) is 14.0. The third-order valence-electron chi connectivity index (χ3n) is 6.53. The van der Waals surface area contributed by atoms with Gasteiger partial charge in [-0.25, -0.2) is 9.78 Å². The molecule has 2 heterocycles. The Bertz CT molecular complexity index is 1480. The lowest BCUT2D eigenvalue weighted by atomic mass is 9.94. The molecule has 216 valence electrons. The number of thiazole rings is 1. The summed E-state index contributed by atoms with van der Waals surface area (Å²) in [6.45, 7) is 6.11. The SMILES string of the molecule is CCCCOc1ccc(/C(O)=C2\C(=O)C(=O)N(c3nc(C)c(C(=O)OCC)s3)C2c2ccc(OC)cc2OC)cc1. The molecule has 0 bridgehead atoms. The number of hydrogen-bond acceptors (Lipinski definition) is 10. The first-order chi connectivity index (χ1) is 19.7. The second-order valence-corrected chi connectivity index (χ2v) is 10.1. The fourth-order valence-corrected chi connectivity index (χ4v) is 5.43. The highest BCUT2D eigenvalue weighted by Gasteiger charge is 2.49. The molecule has 1 amide bonds. The quantitative estimate of drug-likeness (QED) is 0.104. The summed E-state index contributed by atoms with van der Waals surface area (Å²) < 4.78 is 21.8. The molecule has 1 aliphatic heterocycles. The fourth-order valence-electron chi connectivity index (χ4n) is 4.44. The van der Waals surface area contributed by atoms with E-state index in [-0.39, 0.29) is 27.9 Å². The van der Waals surface area contributed by atoms with E-state index in [1.807, 2.05) is 0 Å². The highest BCUT2D eigenvalue weighted by atomic mass is 32.1. The van der Waals surface area contributed by atoms with Crippen LogP contribution >= 0.6 is 11.3 Å². The summed E-state index contributed by atoms with van der Waals surface area (Å²) in [5.41, 5.74) is 0.943. The minimum absolute atomic E-state index is 0.106. The topological polar surface area (TPSA) is 124 Å². The Labute approximate surface area is 242 Å². The van der Waals surface area contributed by atoms with Crippen LogP contribution in [0.4, 0.5) is 5.13 Å². The number of methoxy groups -OCH3 is 2. The van der Waals surface area contributed by atoms with E-state index in [9.17, 15) is 19.5 Å². The van der Waals surface area contributed by atoms with Gasteiger partial charge in [0.05, 0.1) is 38.7 Å². The van der Waals surface area contributed by atoms with Crippen molar-refractivity contribution in [1.82, 2.24) is 4.98 Å². The Hall–Kier alpha value is -4.38. The number of ketones is 1. The van der Waals surface area contributed by atoms with E-state index in [2.05, 4.69) is 11.9 Å². The zero-order chi connectivity index (χ0) is 29.7. The third kappa shape index (κ3) is 5.90. The monoisotopic (exact) mass is 580 g/mol. The molecule has 1 aliphatic rings. The Morgan fingerprint density at radius 3 is 2.39 bits per heavy atom. The summed E-state index contributed by atoms with van der Waals surface area (Å²) >= 11 is 0.932. The lowest BCUT2D eigenvalue weighted by molar-refractivity contribution is -0.132. The first-order valence-electron chi connectivity index (χ1n) is 13.2. The number of carbonyl (C=O) groups excluding carboxylic acids is 3. The number of nitrogens with zero attached hydrogens (tertiary/aromatic N) is 2. The molecule has 10 nitrogen and oxygen atoms in total. The Morgan fingerprint density at radius 1 is 1.05 bits per heavy atom. The van der Waals surface area contributed by atoms with Gasteiger partial charge in [0.2, 0.25) is 0 Å². The van der Waals surface area contributed by atoms with Crippen LogP contribution in [0.2, 0.25) is 0 Å². The minimum atomic E-state index is -1.11. The summed E-state index contributed by atoms with van der Waals surface area (Å²) in [5, 5.41) is 11.6. The number of ether oxygens (including phenoxy) is 4. The number of rotatable bonds is 11. The molecule has 0 radical (unpaired) electrons. The first kappa shape index (κ1) is 29.6. The predicted molar refractivity (Wildman–Crippen MR) is 154 cm³/mol. The smallest absolute Gasteiger partial charge is 0.350 e. The Morgan fingerprint density at radius 2 is 1.76 bits per heavy atom. The van der Waals surface area contributed by atoms with Gasteiger partial charge in [0, 0.05) is 17.2 Å². The number of Topliss-reactive ketones (excluding diaryl/α,β-unsaturated/α-hetero) is 1. The zero-order valence-electron chi connectivity index (χ0n) is 23.6. The average Bonchev–Trinajstić information content (AvgIpc) is 3.49. The maximum Gasteiger partial charge on any atom is 0.350 e. The molecule has 11 heteroatoms. The van der Waals surface area contributed by atoms with Crippen molar-refractivity contribution in [1.29, 1.82) is 0 Å². The molecule has 1 saturated heterocycles. The maximum atomic E-state index is 13.6. The van der Waals surface area contributed by atoms with Gasteiger partial charge in [-0.3, -0.25) is 14.5 Å². The van der Waals surface area contributed by atoms with Gasteiger partial charge < -0.3 is 24.1 Å². The van der Waals surface area contributed by atoms with Crippen molar-refractivity contribution in [2.24, 2.45) is 0 Å². The number of carbonyl (C=O) groups is 3. The van der Waals surface area contributed by atoms with E-state index in [0.717, 1.165) is 24.2 Å². The van der Waals surface area contributed by atoms with Crippen LogP contribution in [0.15, 0.2) is 48.0 Å². The average molecular weight is 581 g/mol. The number of aliphatic hydroxyl groups is 1. The van der Waals surface area contributed by atoms with E-state index >= 15 is 0 Å². The van der Waals surface area contributed by atoms with Crippen LogP contribution in [-0.4, -0.2) is 55.2 Å². The highest BCUT2D eigenvalue weighted by molar-refractivity contribution is 7.17. The summed E-state index contributed by atoms with van der Waals surface area (Å²) in [5.74, 6) is -1.31. The number of benzene rings is 2. The van der Waals surface area contributed by atoms with E-state index in [4.69, 9.17) is 18.9 Å². The van der Waals surface area contributed by atoms with Gasteiger partial charge in [-0.05, 0) is 56.7 Å². The summed E-state index contributed by atoms with van der Waals surface area (Å²) in [6, 6.07) is 10.5. The Kier molecular flexibility index (Phi) is 9.28. The van der Waals surface area contributed by atoms with Crippen molar-refractivity contribution in [2.75, 3.05) is 32.3 Å². The molecule has 0 spiro atoms. The molecule has 0 aliphatic carbocycles. The van der Waals surface area contributed by atoms with E-state index in [1.165, 1.54) is 19.1 Å². The van der Waals surface area contributed by atoms with Crippen molar-refractivity contribution in [3.05, 3.63) is 69.7 Å². The number of amides is 1. The van der Waals surface area contributed by atoms with Gasteiger partial charge in [0.1, 0.15) is 33.9 Å². The molecule has 2 aromatic carbocycles. The number of aromatic nitrogens is 1. The number of anilines is 1. The van der Waals surface area contributed by atoms with Crippen molar-refractivity contribution >= 4 is 39.9 Å². The van der Waals surface area contributed by atoms with Crippen molar-refractivity contribution < 1.29 is 38.4 Å². The highest BCUT2D eigenvalue weighted by Crippen LogP contribution is 2.47. The molecular weight excluding hydrogens is 548 g/mol. The largest absolute Gasteiger partial charge is 0.507 e. The van der Waals surface area contributed by atoms with Crippen LogP contribution < -0.4 is 19.1 Å². The van der Waals surface area contributed by atoms with E-state index in [1.54, 1.807) is 56.3 Å². The molecule has 1 fully saturated rings. The van der Waals surface area contributed by atoms with E-state index < -0.39 is 23.7 Å². The van der Waals surface area contributed by atoms with Gasteiger partial charge in [-0.15, -0.1) is 0 Å². The normalized spacial score (nSPS) is 16.1. The van der Waals surface area contributed by atoms with Crippen LogP contribution in [0.1, 0.15) is 59.2 Å². The molecule has 0 saturated carbocycles. The van der Waals surface area contributed by atoms with Gasteiger partial charge in [-0.1, -0.05) is 24.7 Å². The second-order valence-electron chi connectivity index (χ2n) is 9.13. The minimum Gasteiger partial charge on any atom is -0.507 e. The van der Waals surface area contributed by atoms with Crippen LogP contribution in [0.3, 0.4) is 0 Å². The fraction of sp³-hybridized carbons (Fsp3) is 0.333. The summed E-state index contributed by atoms with van der Waals surface area (Å²) in [4.78, 5) is 45.5. The van der Waals surface area contributed by atoms with Crippen LogP contribution in [0.5, 0.6) is 17.2 Å². The predicted octanol–water partition coefficient (Wildman–Crippen LogP) is 5.45. The Balaban J connectivity index is 1.87. The molecule has 1 unspecified atom stereocenters. The van der Waals surface area contributed by atoms with Gasteiger partial charge in [0.15, 0.2) is 5.13 Å².